The molecular weight excluding hydrogens is 338 g/mol. The number of aromatic nitrogens is 1. The average Bonchev–Trinajstić information content (AvgIpc) is 3.18. The number of rotatable bonds is 3. The average molecular weight is 362 g/mol. The van der Waals surface area contributed by atoms with Crippen molar-refractivity contribution in [2.75, 3.05) is 19.6 Å². The van der Waals surface area contributed by atoms with Crippen molar-refractivity contribution in [3.63, 3.8) is 0 Å². The predicted octanol–water partition coefficient (Wildman–Crippen LogP) is 3.20. The van der Waals surface area contributed by atoms with Gasteiger partial charge in [-0.1, -0.05) is 13.0 Å². The first kappa shape index (κ1) is 16.9. The molecule has 2 bridgehead atoms. The SMILES string of the molecule is CC1CC1c1nc2c(C(=O)N[C@@H]3CN4CCC3CC4)cccc2o1.Cl. The molecule has 1 aromatic heterocycles. The molecule has 4 aliphatic rings. The van der Waals surface area contributed by atoms with Crippen LogP contribution in [-0.4, -0.2) is 41.5 Å². The number of hydrogen-bond donors (Lipinski definition) is 1. The molecule has 2 aromatic rings. The van der Waals surface area contributed by atoms with E-state index in [0.29, 0.717) is 28.8 Å². The van der Waals surface area contributed by atoms with Crippen LogP contribution >= 0.6 is 12.4 Å². The van der Waals surface area contributed by atoms with Crippen LogP contribution < -0.4 is 5.32 Å². The lowest BCUT2D eigenvalue weighted by Gasteiger charge is -2.44. The summed E-state index contributed by atoms with van der Waals surface area (Å²) in [6.45, 7) is 5.55. The predicted molar refractivity (Wildman–Crippen MR) is 98.2 cm³/mol. The summed E-state index contributed by atoms with van der Waals surface area (Å²) in [4.78, 5) is 20.0. The van der Waals surface area contributed by atoms with Gasteiger partial charge in [0.2, 0.25) is 0 Å². The Balaban J connectivity index is 0.00000157. The monoisotopic (exact) mass is 361 g/mol. The minimum absolute atomic E-state index is 0. The third-order valence-electron chi connectivity index (χ3n) is 6.08. The van der Waals surface area contributed by atoms with Crippen molar-refractivity contribution in [3.8, 4) is 0 Å². The van der Waals surface area contributed by atoms with E-state index in [0.717, 1.165) is 24.4 Å². The van der Waals surface area contributed by atoms with Crippen LogP contribution in [0, 0.1) is 11.8 Å². The minimum Gasteiger partial charge on any atom is -0.440 e. The molecule has 4 heterocycles. The van der Waals surface area contributed by atoms with E-state index in [1.54, 1.807) is 0 Å². The first-order valence-electron chi connectivity index (χ1n) is 9.11. The number of amides is 1. The molecule has 25 heavy (non-hydrogen) atoms. The summed E-state index contributed by atoms with van der Waals surface area (Å²) >= 11 is 0. The van der Waals surface area contributed by atoms with Crippen LogP contribution in [0.2, 0.25) is 0 Å². The quantitative estimate of drug-likeness (QED) is 0.912. The fourth-order valence-electron chi connectivity index (χ4n) is 4.35. The number of hydrogen-bond acceptors (Lipinski definition) is 4. The number of halogens is 1. The second-order valence-corrected chi connectivity index (χ2v) is 7.74. The number of carbonyl (C=O) groups is 1. The largest absolute Gasteiger partial charge is 0.440 e. The molecule has 0 spiro atoms. The smallest absolute Gasteiger partial charge is 0.253 e. The van der Waals surface area contributed by atoms with Gasteiger partial charge in [-0.25, -0.2) is 4.98 Å². The van der Waals surface area contributed by atoms with E-state index in [9.17, 15) is 4.79 Å². The van der Waals surface area contributed by atoms with Crippen molar-refractivity contribution >= 4 is 29.4 Å². The number of benzene rings is 1. The van der Waals surface area contributed by atoms with Crippen molar-refractivity contribution in [2.24, 2.45) is 11.8 Å². The summed E-state index contributed by atoms with van der Waals surface area (Å²) in [7, 11) is 0. The lowest BCUT2D eigenvalue weighted by atomic mass is 9.84. The first-order valence-corrected chi connectivity index (χ1v) is 9.11. The lowest BCUT2D eigenvalue weighted by Crippen LogP contribution is -2.57. The zero-order valence-corrected chi connectivity index (χ0v) is 15.2. The molecule has 3 saturated heterocycles. The zero-order valence-electron chi connectivity index (χ0n) is 14.4. The Hall–Kier alpha value is -1.59. The van der Waals surface area contributed by atoms with Gasteiger partial charge in [0.1, 0.15) is 5.52 Å². The molecule has 1 saturated carbocycles. The standard InChI is InChI=1S/C19H23N3O2.ClH/c1-11-9-14(11)19-21-17-13(3-2-4-16(17)24-19)18(23)20-15-10-22-7-5-12(15)6-8-22;/h2-4,11-12,14-15H,5-10H2,1H3,(H,20,23);1H/t11?,14?,15-;/m1./s1. The highest BCUT2D eigenvalue weighted by atomic mass is 35.5. The van der Waals surface area contributed by atoms with Crippen molar-refractivity contribution < 1.29 is 9.21 Å². The molecule has 2 unspecified atom stereocenters. The summed E-state index contributed by atoms with van der Waals surface area (Å²) in [6, 6.07) is 5.93. The highest BCUT2D eigenvalue weighted by Gasteiger charge is 2.39. The van der Waals surface area contributed by atoms with E-state index in [4.69, 9.17) is 4.42 Å². The van der Waals surface area contributed by atoms with Crippen LogP contribution in [0.1, 0.15) is 48.4 Å². The van der Waals surface area contributed by atoms with Crippen molar-refractivity contribution in [3.05, 3.63) is 29.7 Å². The van der Waals surface area contributed by atoms with E-state index in [-0.39, 0.29) is 24.4 Å². The molecule has 5 nitrogen and oxygen atoms in total. The van der Waals surface area contributed by atoms with Gasteiger partial charge in [0.05, 0.1) is 5.56 Å². The fraction of sp³-hybridized carbons (Fsp3) is 0.579. The summed E-state index contributed by atoms with van der Waals surface area (Å²) in [5.41, 5.74) is 2.09. The summed E-state index contributed by atoms with van der Waals surface area (Å²) < 4.78 is 5.89. The van der Waals surface area contributed by atoms with Crippen LogP contribution in [0.25, 0.3) is 11.1 Å². The van der Waals surface area contributed by atoms with Gasteiger partial charge in [0.15, 0.2) is 11.5 Å². The number of nitrogens with zero attached hydrogens (tertiary/aromatic N) is 2. The van der Waals surface area contributed by atoms with Gasteiger partial charge in [-0.2, -0.15) is 0 Å². The third kappa shape index (κ3) is 2.93. The summed E-state index contributed by atoms with van der Waals surface area (Å²) in [6.07, 6.45) is 3.53. The number of nitrogens with one attached hydrogen (secondary N) is 1. The van der Waals surface area contributed by atoms with E-state index in [1.807, 2.05) is 18.2 Å². The summed E-state index contributed by atoms with van der Waals surface area (Å²) in [5, 5.41) is 3.26. The molecule has 6 rings (SSSR count). The van der Waals surface area contributed by atoms with Crippen LogP contribution in [0.3, 0.4) is 0 Å². The van der Waals surface area contributed by atoms with Crippen LogP contribution in [0.5, 0.6) is 0 Å². The number of para-hydroxylation sites is 1. The highest BCUT2D eigenvalue weighted by Crippen LogP contribution is 2.47. The van der Waals surface area contributed by atoms with E-state index in [2.05, 4.69) is 22.1 Å². The zero-order chi connectivity index (χ0) is 16.3. The molecule has 1 amide bonds. The second kappa shape index (κ2) is 6.29. The molecule has 134 valence electrons. The molecule has 3 aliphatic heterocycles. The van der Waals surface area contributed by atoms with Gasteiger partial charge in [-0.15, -0.1) is 12.4 Å². The first-order chi connectivity index (χ1) is 11.7. The Morgan fingerprint density at radius 1 is 1.32 bits per heavy atom. The maximum atomic E-state index is 12.9. The van der Waals surface area contributed by atoms with Crippen LogP contribution in [0.15, 0.2) is 22.6 Å². The van der Waals surface area contributed by atoms with Crippen molar-refractivity contribution in [2.45, 2.75) is 38.1 Å². The number of fused-ring (bicyclic) bond motifs is 4. The van der Waals surface area contributed by atoms with Crippen molar-refractivity contribution in [1.82, 2.24) is 15.2 Å². The molecule has 1 N–H and O–H groups in total. The Labute approximate surface area is 153 Å². The van der Waals surface area contributed by atoms with Gasteiger partial charge in [-0.05, 0) is 56.3 Å². The Kier molecular flexibility index (Phi) is 4.24. The number of oxazole rings is 1. The van der Waals surface area contributed by atoms with Crippen LogP contribution in [-0.2, 0) is 0 Å². The highest BCUT2D eigenvalue weighted by molar-refractivity contribution is 6.04. The molecule has 4 fully saturated rings. The Morgan fingerprint density at radius 2 is 2.08 bits per heavy atom. The molecule has 1 aromatic carbocycles. The van der Waals surface area contributed by atoms with Gasteiger partial charge in [-0.3, -0.25) is 4.79 Å². The maximum absolute atomic E-state index is 12.9. The lowest BCUT2D eigenvalue weighted by molar-refractivity contribution is 0.0621. The molecule has 1 aliphatic carbocycles. The van der Waals surface area contributed by atoms with E-state index in [1.165, 1.54) is 25.9 Å². The van der Waals surface area contributed by atoms with Gasteiger partial charge < -0.3 is 14.6 Å². The molecule has 0 radical (unpaired) electrons. The maximum Gasteiger partial charge on any atom is 0.253 e. The molecule has 6 heteroatoms. The number of piperidine rings is 3. The van der Waals surface area contributed by atoms with Crippen LogP contribution in [0.4, 0.5) is 0 Å². The fourth-order valence-corrected chi connectivity index (χ4v) is 4.35. The Bertz CT molecular complexity index is 797. The van der Waals surface area contributed by atoms with Gasteiger partial charge in [0.25, 0.3) is 5.91 Å². The van der Waals surface area contributed by atoms with Gasteiger partial charge >= 0.3 is 0 Å². The normalized spacial score (nSPS) is 33.1. The Morgan fingerprint density at radius 3 is 2.72 bits per heavy atom. The second-order valence-electron chi connectivity index (χ2n) is 7.74. The third-order valence-corrected chi connectivity index (χ3v) is 6.08. The molecule has 3 atom stereocenters. The van der Waals surface area contributed by atoms with E-state index < -0.39 is 0 Å². The summed E-state index contributed by atoms with van der Waals surface area (Å²) in [5.74, 6) is 2.47. The number of carbonyl (C=O) groups excluding carboxylic acids is 1. The topological polar surface area (TPSA) is 58.4 Å². The van der Waals surface area contributed by atoms with Gasteiger partial charge in [0, 0.05) is 18.5 Å². The van der Waals surface area contributed by atoms with E-state index >= 15 is 0 Å². The molecular formula is C19H24ClN3O2. The minimum atomic E-state index is -0.0111. The van der Waals surface area contributed by atoms with Crippen molar-refractivity contribution in [1.29, 1.82) is 0 Å².